The van der Waals surface area contributed by atoms with E-state index in [1.165, 1.54) is 30.1 Å². The van der Waals surface area contributed by atoms with Gasteiger partial charge in [-0.2, -0.15) is 0 Å². The highest BCUT2D eigenvalue weighted by Gasteiger charge is 2.49. The fourth-order valence-corrected chi connectivity index (χ4v) is 3.48. The number of nitro benzene ring substituents is 1. The molecule has 1 aliphatic heterocycles. The summed E-state index contributed by atoms with van der Waals surface area (Å²) < 4.78 is 0.663. The molecule has 3 rings (SSSR count). The van der Waals surface area contributed by atoms with Crippen LogP contribution in [0.3, 0.4) is 0 Å². The van der Waals surface area contributed by atoms with E-state index < -0.39 is 28.6 Å². The third-order valence-corrected chi connectivity index (χ3v) is 5.06. The van der Waals surface area contributed by atoms with Gasteiger partial charge in [-0.3, -0.25) is 19.7 Å². The van der Waals surface area contributed by atoms with Crippen LogP contribution in [-0.4, -0.2) is 28.8 Å². The first-order valence-electron chi connectivity index (χ1n) is 7.74. The zero-order chi connectivity index (χ0) is 19.2. The number of nitro groups is 1. The van der Waals surface area contributed by atoms with Gasteiger partial charge in [-0.15, -0.1) is 0 Å². The topological polar surface area (TPSA) is 101 Å². The van der Waals surface area contributed by atoms with Crippen molar-refractivity contribution in [2.45, 2.75) is 18.9 Å². The third kappa shape index (κ3) is 2.81. The van der Waals surface area contributed by atoms with Gasteiger partial charge in [0.05, 0.1) is 17.0 Å². The summed E-state index contributed by atoms with van der Waals surface area (Å²) in [6.45, 7) is 1.57. The SMILES string of the molecule is Cc1ccc(C(=O)C[C@]2(O)C(=O)N(C)c3ccc(Br)cc32)cc1[N+](=O)[O-]. The lowest BCUT2D eigenvalue weighted by Crippen LogP contribution is -2.40. The van der Waals surface area contributed by atoms with Gasteiger partial charge in [-0.05, 0) is 25.1 Å². The van der Waals surface area contributed by atoms with Crippen LogP contribution in [0.2, 0.25) is 0 Å². The van der Waals surface area contributed by atoms with Gasteiger partial charge < -0.3 is 10.0 Å². The number of nitrogens with zero attached hydrogens (tertiary/aromatic N) is 2. The molecule has 1 N–H and O–H groups in total. The largest absolute Gasteiger partial charge is 0.375 e. The van der Waals surface area contributed by atoms with Crippen LogP contribution in [0, 0.1) is 17.0 Å². The molecular weight excluding hydrogens is 404 g/mol. The molecule has 0 spiro atoms. The lowest BCUT2D eigenvalue weighted by atomic mass is 9.88. The van der Waals surface area contributed by atoms with E-state index in [0.29, 0.717) is 21.3 Å². The molecular formula is C18H15BrN2O5. The molecule has 0 saturated heterocycles. The molecule has 1 atom stereocenters. The molecule has 0 fully saturated rings. The van der Waals surface area contributed by atoms with Crippen LogP contribution >= 0.6 is 15.9 Å². The summed E-state index contributed by atoms with van der Waals surface area (Å²) in [6, 6.07) is 9.12. The van der Waals surface area contributed by atoms with E-state index in [-0.39, 0.29) is 11.3 Å². The Kier molecular flexibility index (Phi) is 4.41. The number of likely N-dealkylation sites (N-methyl/N-ethyl adjacent to an activating group) is 1. The second-order valence-corrected chi connectivity index (χ2v) is 7.16. The Morgan fingerprint density at radius 2 is 2.00 bits per heavy atom. The molecule has 0 aromatic heterocycles. The number of rotatable bonds is 4. The maximum Gasteiger partial charge on any atom is 0.273 e. The number of halogens is 1. The Morgan fingerprint density at radius 1 is 1.31 bits per heavy atom. The monoisotopic (exact) mass is 418 g/mol. The van der Waals surface area contributed by atoms with Crippen LogP contribution < -0.4 is 4.90 Å². The highest BCUT2D eigenvalue weighted by molar-refractivity contribution is 9.10. The Labute approximate surface area is 157 Å². The Morgan fingerprint density at radius 3 is 2.65 bits per heavy atom. The molecule has 0 bridgehead atoms. The molecule has 0 saturated carbocycles. The number of aryl methyl sites for hydroxylation is 1. The Hall–Kier alpha value is -2.58. The maximum absolute atomic E-state index is 12.7. The van der Waals surface area contributed by atoms with Crippen LogP contribution in [0.5, 0.6) is 0 Å². The number of fused-ring (bicyclic) bond motifs is 1. The van der Waals surface area contributed by atoms with Crippen molar-refractivity contribution in [3.8, 4) is 0 Å². The zero-order valence-electron chi connectivity index (χ0n) is 14.0. The zero-order valence-corrected chi connectivity index (χ0v) is 15.6. The molecule has 2 aromatic rings. The van der Waals surface area contributed by atoms with E-state index in [1.54, 1.807) is 25.1 Å². The first kappa shape index (κ1) is 18.2. The third-order valence-electron chi connectivity index (χ3n) is 4.57. The molecule has 26 heavy (non-hydrogen) atoms. The quantitative estimate of drug-likeness (QED) is 0.466. The van der Waals surface area contributed by atoms with Gasteiger partial charge in [0, 0.05) is 34.3 Å². The van der Waals surface area contributed by atoms with Gasteiger partial charge in [0.15, 0.2) is 11.4 Å². The summed E-state index contributed by atoms with van der Waals surface area (Å²) in [7, 11) is 1.52. The summed E-state index contributed by atoms with van der Waals surface area (Å²) in [6.07, 6.45) is -0.500. The summed E-state index contributed by atoms with van der Waals surface area (Å²) in [5.41, 5.74) is -0.839. The van der Waals surface area contributed by atoms with E-state index in [2.05, 4.69) is 15.9 Å². The number of hydrogen-bond donors (Lipinski definition) is 1. The van der Waals surface area contributed by atoms with Crippen LogP contribution in [0.1, 0.15) is 27.9 Å². The van der Waals surface area contributed by atoms with Crippen molar-refractivity contribution < 1.29 is 19.6 Å². The normalized spacial score (nSPS) is 18.8. The van der Waals surface area contributed by atoms with E-state index in [1.807, 2.05) is 0 Å². The number of aliphatic hydroxyl groups is 1. The Bertz CT molecular complexity index is 959. The van der Waals surface area contributed by atoms with Crippen molar-refractivity contribution in [1.29, 1.82) is 0 Å². The van der Waals surface area contributed by atoms with Crippen molar-refractivity contribution in [1.82, 2.24) is 0 Å². The summed E-state index contributed by atoms with van der Waals surface area (Å²) in [5, 5.41) is 22.1. The van der Waals surface area contributed by atoms with Gasteiger partial charge in [0.1, 0.15) is 0 Å². The number of hydrogen-bond acceptors (Lipinski definition) is 5. The van der Waals surface area contributed by atoms with Gasteiger partial charge in [-0.25, -0.2) is 0 Å². The average molecular weight is 419 g/mol. The molecule has 0 radical (unpaired) electrons. The van der Waals surface area contributed by atoms with Crippen LogP contribution in [0.4, 0.5) is 11.4 Å². The smallest absolute Gasteiger partial charge is 0.273 e. The lowest BCUT2D eigenvalue weighted by Gasteiger charge is -2.21. The number of ketones is 1. The minimum atomic E-state index is -2.01. The van der Waals surface area contributed by atoms with E-state index in [9.17, 15) is 24.8 Å². The molecule has 0 unspecified atom stereocenters. The predicted octanol–water partition coefficient (Wildman–Crippen LogP) is 3.10. The summed E-state index contributed by atoms with van der Waals surface area (Å²) in [4.78, 5) is 37.1. The van der Waals surface area contributed by atoms with E-state index in [4.69, 9.17) is 0 Å². The molecule has 0 aliphatic carbocycles. The first-order chi connectivity index (χ1) is 12.1. The highest BCUT2D eigenvalue weighted by atomic mass is 79.9. The molecule has 1 heterocycles. The first-order valence-corrected chi connectivity index (χ1v) is 8.53. The standard InChI is InChI=1S/C18H15BrN2O5/c1-10-3-4-11(7-15(10)21(25)26)16(22)9-18(24)13-8-12(19)5-6-14(13)20(2)17(18)23/h3-8,24H,9H2,1-2H3/t18-/m1/s1. The number of Topliss-reactive ketones (excluding diaryl/α,β-unsaturated/α-hetero) is 1. The molecule has 1 aliphatic rings. The number of benzene rings is 2. The lowest BCUT2D eigenvalue weighted by molar-refractivity contribution is -0.385. The number of amides is 1. The Balaban J connectivity index is 2.00. The minimum Gasteiger partial charge on any atom is -0.375 e. The van der Waals surface area contributed by atoms with Gasteiger partial charge >= 0.3 is 0 Å². The predicted molar refractivity (Wildman–Crippen MR) is 98.2 cm³/mol. The van der Waals surface area contributed by atoms with Gasteiger partial charge in [0.25, 0.3) is 11.6 Å². The summed E-state index contributed by atoms with van der Waals surface area (Å²) in [5.74, 6) is -1.16. The fraction of sp³-hybridized carbons (Fsp3) is 0.222. The number of carbonyl (C=O) groups excluding carboxylic acids is 2. The number of anilines is 1. The summed E-state index contributed by atoms with van der Waals surface area (Å²) >= 11 is 3.30. The average Bonchev–Trinajstić information content (AvgIpc) is 2.76. The van der Waals surface area contributed by atoms with Crippen molar-refractivity contribution >= 4 is 39.0 Å². The fourth-order valence-electron chi connectivity index (χ4n) is 3.12. The second-order valence-electron chi connectivity index (χ2n) is 6.24. The van der Waals surface area contributed by atoms with Gasteiger partial charge in [-0.1, -0.05) is 28.1 Å². The van der Waals surface area contributed by atoms with Gasteiger partial charge in [0.2, 0.25) is 0 Å². The van der Waals surface area contributed by atoms with E-state index in [0.717, 1.165) is 0 Å². The number of carbonyl (C=O) groups is 2. The second kappa shape index (κ2) is 6.30. The molecule has 8 heteroatoms. The van der Waals surface area contributed by atoms with Crippen molar-refractivity contribution in [3.05, 3.63) is 67.7 Å². The molecule has 134 valence electrons. The molecule has 2 aromatic carbocycles. The van der Waals surface area contributed by atoms with Crippen LogP contribution in [0.15, 0.2) is 40.9 Å². The molecule has 1 amide bonds. The van der Waals surface area contributed by atoms with Crippen LogP contribution in [0.25, 0.3) is 0 Å². The van der Waals surface area contributed by atoms with Crippen LogP contribution in [-0.2, 0) is 10.4 Å². The minimum absolute atomic E-state index is 0.0784. The van der Waals surface area contributed by atoms with E-state index >= 15 is 0 Å². The van der Waals surface area contributed by atoms with Crippen molar-refractivity contribution in [2.75, 3.05) is 11.9 Å². The highest BCUT2D eigenvalue weighted by Crippen LogP contribution is 2.43. The maximum atomic E-state index is 12.7. The van der Waals surface area contributed by atoms with Crippen molar-refractivity contribution in [3.63, 3.8) is 0 Å². The van der Waals surface area contributed by atoms with Crippen molar-refractivity contribution in [2.24, 2.45) is 0 Å². The molecule has 7 nitrogen and oxygen atoms in total.